The molecule has 4 nitrogen and oxygen atoms in total. The summed E-state index contributed by atoms with van der Waals surface area (Å²) in [6.45, 7) is 0. The Balaban J connectivity index is 1.65. The van der Waals surface area contributed by atoms with Crippen molar-refractivity contribution < 1.29 is 8.42 Å². The van der Waals surface area contributed by atoms with Crippen LogP contribution in [0.3, 0.4) is 0 Å². The summed E-state index contributed by atoms with van der Waals surface area (Å²) >= 11 is 5.82. The van der Waals surface area contributed by atoms with Crippen molar-refractivity contribution in [2.75, 3.05) is 4.72 Å². The van der Waals surface area contributed by atoms with Gasteiger partial charge in [-0.15, -0.1) is 0 Å². The third-order valence-electron chi connectivity index (χ3n) is 3.68. The van der Waals surface area contributed by atoms with Crippen molar-refractivity contribution in [1.29, 1.82) is 0 Å². The molecule has 0 aliphatic carbocycles. The average molecular weight is 385 g/mol. The second-order valence-electron chi connectivity index (χ2n) is 5.73. The lowest BCUT2D eigenvalue weighted by atomic mass is 10.1. The molecular weight excluding hydrogens is 368 g/mol. The third kappa shape index (κ3) is 5.44. The Morgan fingerprint density at radius 3 is 2.15 bits per heavy atom. The molecule has 3 aromatic rings. The lowest BCUT2D eigenvalue weighted by molar-refractivity contribution is 0.609. The van der Waals surface area contributed by atoms with E-state index in [0.29, 0.717) is 10.7 Å². The number of rotatable bonds is 6. The van der Waals surface area contributed by atoms with E-state index in [1.54, 1.807) is 48.8 Å². The maximum atomic E-state index is 12.2. The number of anilines is 1. The third-order valence-corrected chi connectivity index (χ3v) is 4.95. The van der Waals surface area contributed by atoms with Crippen LogP contribution in [0.15, 0.2) is 78.5 Å². The highest BCUT2D eigenvalue weighted by molar-refractivity contribution is 7.95. The quantitative estimate of drug-likeness (QED) is 0.667. The number of sulfonamides is 1. The summed E-state index contributed by atoms with van der Waals surface area (Å²) in [5.74, 6) is 0. The van der Waals surface area contributed by atoms with E-state index in [9.17, 15) is 8.42 Å². The molecule has 0 aliphatic rings. The zero-order valence-corrected chi connectivity index (χ0v) is 15.4. The molecule has 0 amide bonds. The van der Waals surface area contributed by atoms with Crippen LogP contribution in [-0.4, -0.2) is 13.4 Å². The summed E-state index contributed by atoms with van der Waals surface area (Å²) in [4.78, 5) is 4.00. The Hall–Kier alpha value is -2.63. The summed E-state index contributed by atoms with van der Waals surface area (Å²) in [7, 11) is -3.59. The van der Waals surface area contributed by atoms with Crippen molar-refractivity contribution >= 4 is 33.4 Å². The van der Waals surface area contributed by atoms with Gasteiger partial charge in [-0.2, -0.15) is 0 Å². The molecule has 0 unspecified atom stereocenters. The number of nitrogens with zero attached hydrogens (tertiary/aromatic N) is 1. The van der Waals surface area contributed by atoms with E-state index < -0.39 is 10.0 Å². The minimum atomic E-state index is -3.59. The van der Waals surface area contributed by atoms with Gasteiger partial charge in [-0.3, -0.25) is 9.71 Å². The zero-order valence-electron chi connectivity index (χ0n) is 13.8. The van der Waals surface area contributed by atoms with Gasteiger partial charge in [0.05, 0.1) is 5.41 Å². The van der Waals surface area contributed by atoms with Crippen molar-refractivity contribution in [2.45, 2.75) is 6.42 Å². The fourth-order valence-corrected chi connectivity index (χ4v) is 3.36. The van der Waals surface area contributed by atoms with Gasteiger partial charge < -0.3 is 0 Å². The number of halogens is 1. The minimum absolute atomic E-state index is 0.518. The monoisotopic (exact) mass is 384 g/mol. The second-order valence-corrected chi connectivity index (χ2v) is 7.73. The standard InChI is InChI=1S/C20H17ClN2O2S/c21-19-5-1-16(2-6-19)11-14-26(24,25)23-20-7-3-17(4-8-20)15-18-9-12-22-13-10-18/h1-14,23H,15H2. The number of pyridine rings is 1. The van der Waals surface area contributed by atoms with Crippen molar-refractivity contribution in [3.05, 3.63) is 100 Å². The maximum Gasteiger partial charge on any atom is 0.255 e. The molecule has 6 heteroatoms. The van der Waals surface area contributed by atoms with Crippen LogP contribution in [0.1, 0.15) is 16.7 Å². The SMILES string of the molecule is O=S(=O)(C=Cc1ccc(Cl)cc1)Nc1ccc(Cc2ccncc2)cc1. The molecule has 0 saturated carbocycles. The molecule has 26 heavy (non-hydrogen) atoms. The first-order chi connectivity index (χ1) is 12.5. The molecule has 0 radical (unpaired) electrons. The van der Waals surface area contributed by atoms with Gasteiger partial charge in [0, 0.05) is 23.1 Å². The predicted molar refractivity (Wildman–Crippen MR) is 107 cm³/mol. The van der Waals surface area contributed by atoms with Gasteiger partial charge >= 0.3 is 0 Å². The van der Waals surface area contributed by atoms with Gasteiger partial charge in [0.15, 0.2) is 0 Å². The first-order valence-electron chi connectivity index (χ1n) is 7.94. The number of hydrogen-bond acceptors (Lipinski definition) is 3. The summed E-state index contributed by atoms with van der Waals surface area (Å²) in [5, 5.41) is 1.75. The summed E-state index contributed by atoms with van der Waals surface area (Å²) in [6.07, 6.45) is 5.80. The Morgan fingerprint density at radius 2 is 1.50 bits per heavy atom. The Morgan fingerprint density at radius 1 is 0.885 bits per heavy atom. The van der Waals surface area contributed by atoms with E-state index in [1.807, 2.05) is 24.3 Å². The van der Waals surface area contributed by atoms with Gasteiger partial charge in [-0.25, -0.2) is 8.42 Å². The molecule has 0 spiro atoms. The first kappa shape index (κ1) is 18.2. The first-order valence-corrected chi connectivity index (χ1v) is 9.87. The molecule has 0 aliphatic heterocycles. The number of hydrogen-bond donors (Lipinski definition) is 1. The van der Waals surface area contributed by atoms with Crippen LogP contribution in [-0.2, 0) is 16.4 Å². The van der Waals surface area contributed by atoms with Crippen LogP contribution in [0.2, 0.25) is 5.02 Å². The molecule has 0 atom stereocenters. The molecule has 0 saturated heterocycles. The van der Waals surface area contributed by atoms with Crippen LogP contribution >= 0.6 is 11.6 Å². The molecular formula is C20H17ClN2O2S. The fraction of sp³-hybridized carbons (Fsp3) is 0.0500. The molecule has 2 aromatic carbocycles. The molecule has 0 bridgehead atoms. The maximum absolute atomic E-state index is 12.2. The lowest BCUT2D eigenvalue weighted by Crippen LogP contribution is -2.08. The van der Waals surface area contributed by atoms with E-state index >= 15 is 0 Å². The van der Waals surface area contributed by atoms with E-state index in [2.05, 4.69) is 9.71 Å². The van der Waals surface area contributed by atoms with Crippen LogP contribution in [0.25, 0.3) is 6.08 Å². The Kier molecular flexibility index (Phi) is 5.71. The van der Waals surface area contributed by atoms with Gasteiger partial charge in [0.25, 0.3) is 10.0 Å². The predicted octanol–water partition coefficient (Wildman–Crippen LogP) is 4.74. The van der Waals surface area contributed by atoms with Crippen LogP contribution in [0.4, 0.5) is 5.69 Å². The summed E-state index contributed by atoms with van der Waals surface area (Å²) in [5.41, 5.74) is 3.52. The largest absolute Gasteiger partial charge is 0.280 e. The van der Waals surface area contributed by atoms with Gasteiger partial charge in [-0.05, 0) is 65.6 Å². The van der Waals surface area contributed by atoms with Crippen LogP contribution in [0.5, 0.6) is 0 Å². The minimum Gasteiger partial charge on any atom is -0.280 e. The second kappa shape index (κ2) is 8.17. The van der Waals surface area contributed by atoms with Crippen LogP contribution < -0.4 is 4.72 Å². The van der Waals surface area contributed by atoms with Gasteiger partial charge in [0.1, 0.15) is 0 Å². The summed E-state index contributed by atoms with van der Waals surface area (Å²) in [6, 6.07) is 18.2. The van der Waals surface area contributed by atoms with Gasteiger partial charge in [-0.1, -0.05) is 35.9 Å². The zero-order chi connectivity index (χ0) is 18.4. The number of nitrogens with one attached hydrogen (secondary N) is 1. The molecule has 0 fully saturated rings. The molecule has 132 valence electrons. The smallest absolute Gasteiger partial charge is 0.255 e. The normalized spacial score (nSPS) is 11.6. The van der Waals surface area contributed by atoms with Crippen molar-refractivity contribution in [3.8, 4) is 0 Å². The lowest BCUT2D eigenvalue weighted by Gasteiger charge is -2.06. The van der Waals surface area contributed by atoms with Crippen LogP contribution in [0, 0.1) is 0 Å². The highest BCUT2D eigenvalue weighted by atomic mass is 35.5. The van der Waals surface area contributed by atoms with E-state index in [0.717, 1.165) is 28.5 Å². The van der Waals surface area contributed by atoms with Crippen molar-refractivity contribution in [2.24, 2.45) is 0 Å². The molecule has 1 heterocycles. The number of benzene rings is 2. The molecule has 3 rings (SSSR count). The summed E-state index contributed by atoms with van der Waals surface area (Å²) < 4.78 is 26.9. The van der Waals surface area contributed by atoms with Crippen molar-refractivity contribution in [1.82, 2.24) is 4.98 Å². The van der Waals surface area contributed by atoms with Gasteiger partial charge in [0.2, 0.25) is 0 Å². The highest BCUT2D eigenvalue weighted by Gasteiger charge is 2.06. The Labute approximate surface area is 158 Å². The van der Waals surface area contributed by atoms with Crippen molar-refractivity contribution in [3.63, 3.8) is 0 Å². The molecule has 1 aromatic heterocycles. The highest BCUT2D eigenvalue weighted by Crippen LogP contribution is 2.16. The Bertz CT molecular complexity index is 984. The number of aromatic nitrogens is 1. The van der Waals surface area contributed by atoms with E-state index in [1.165, 1.54) is 6.08 Å². The average Bonchev–Trinajstić information content (AvgIpc) is 2.64. The molecule has 1 N–H and O–H groups in total. The fourth-order valence-electron chi connectivity index (χ4n) is 2.37. The topological polar surface area (TPSA) is 59.1 Å². The van der Waals surface area contributed by atoms with E-state index in [-0.39, 0.29) is 0 Å². The van der Waals surface area contributed by atoms with E-state index in [4.69, 9.17) is 11.6 Å².